The monoisotopic (exact) mass is 477 g/mol. The van der Waals surface area contributed by atoms with Crippen LogP contribution in [-0.2, 0) is 17.8 Å². The second-order valence-electron chi connectivity index (χ2n) is 7.07. The van der Waals surface area contributed by atoms with Gasteiger partial charge >= 0.3 is 0 Å². The van der Waals surface area contributed by atoms with Crippen LogP contribution in [0.1, 0.15) is 17.2 Å². The zero-order valence-electron chi connectivity index (χ0n) is 16.5. The quantitative estimate of drug-likeness (QED) is 0.349. The number of rotatable bonds is 6. The third-order valence-corrected chi connectivity index (χ3v) is 5.53. The molecule has 0 aliphatic carbocycles. The molecule has 4 aromatic rings. The fourth-order valence-corrected chi connectivity index (χ4v) is 3.80. The molecular weight excluding hydrogens is 458 g/mol. The molecule has 0 radical (unpaired) electrons. The Hall–Kier alpha value is -3.29. The molecule has 1 amide bonds. The molecule has 0 aliphatic heterocycles. The molecule has 0 aliphatic rings. The Balaban J connectivity index is 1.65. The number of aromatic hydroxyl groups is 1. The fourth-order valence-electron chi connectivity index (χ4n) is 3.44. The van der Waals surface area contributed by atoms with E-state index in [2.05, 4.69) is 26.2 Å². The summed E-state index contributed by atoms with van der Waals surface area (Å²) in [6, 6.07) is 24.1. The van der Waals surface area contributed by atoms with Crippen LogP contribution in [0.4, 0.5) is 5.69 Å². The number of hydrogen-bond acceptors (Lipinski definition) is 4. The van der Waals surface area contributed by atoms with Crippen LogP contribution in [0.2, 0.25) is 0 Å². The lowest BCUT2D eigenvalue weighted by Crippen LogP contribution is -2.08. The minimum Gasteiger partial charge on any atom is -0.493 e. The summed E-state index contributed by atoms with van der Waals surface area (Å²) in [5.41, 5.74) is 2.55. The van der Waals surface area contributed by atoms with Crippen LogP contribution < -0.4 is 0 Å². The number of aromatic nitrogens is 1. The number of aliphatic hydroxyl groups is 1. The van der Waals surface area contributed by atoms with Gasteiger partial charge in [0.1, 0.15) is 0 Å². The molecule has 4 rings (SSSR count). The van der Waals surface area contributed by atoms with E-state index in [1.807, 2.05) is 48.5 Å². The standard InChI is InChI=1S/C24H20BrN3O3/c25-18-11-12-20-19(15-18)21(24(31)28(20)14-13-16-7-3-1-4-8-16)26-27-23(30)22(29)17-9-5-2-6-10-17/h1-12,15,22,29,31H,13-14H2/t22-/m1/s1. The average molecular weight is 478 g/mol. The molecule has 0 saturated heterocycles. The summed E-state index contributed by atoms with van der Waals surface area (Å²) in [4.78, 5) is 12.3. The summed E-state index contributed by atoms with van der Waals surface area (Å²) in [7, 11) is 0. The smallest absolute Gasteiger partial charge is 0.297 e. The number of aryl methyl sites for hydroxylation is 2. The van der Waals surface area contributed by atoms with E-state index in [9.17, 15) is 15.0 Å². The van der Waals surface area contributed by atoms with Gasteiger partial charge in [-0.3, -0.25) is 4.79 Å². The van der Waals surface area contributed by atoms with E-state index in [4.69, 9.17) is 0 Å². The minimum absolute atomic E-state index is 0.0743. The second-order valence-corrected chi connectivity index (χ2v) is 7.99. The van der Waals surface area contributed by atoms with Crippen molar-refractivity contribution in [1.29, 1.82) is 0 Å². The van der Waals surface area contributed by atoms with Crippen molar-refractivity contribution in [3.05, 3.63) is 94.5 Å². The maximum atomic E-state index is 12.3. The third kappa shape index (κ3) is 4.57. The Kier molecular flexibility index (Phi) is 6.25. The molecule has 31 heavy (non-hydrogen) atoms. The molecule has 156 valence electrons. The number of amides is 1. The Bertz CT molecular complexity index is 1240. The van der Waals surface area contributed by atoms with Crippen molar-refractivity contribution < 1.29 is 15.0 Å². The van der Waals surface area contributed by atoms with E-state index in [-0.39, 0.29) is 11.6 Å². The fraction of sp³-hybridized carbons (Fsp3) is 0.125. The number of nitrogens with zero attached hydrogens (tertiary/aromatic N) is 3. The summed E-state index contributed by atoms with van der Waals surface area (Å²) < 4.78 is 2.56. The van der Waals surface area contributed by atoms with E-state index in [0.29, 0.717) is 17.5 Å². The number of carbonyl (C=O) groups is 1. The lowest BCUT2D eigenvalue weighted by molar-refractivity contribution is -0.126. The van der Waals surface area contributed by atoms with Crippen molar-refractivity contribution in [3.63, 3.8) is 0 Å². The predicted molar refractivity (Wildman–Crippen MR) is 122 cm³/mol. The van der Waals surface area contributed by atoms with Crippen LogP contribution in [0.25, 0.3) is 10.9 Å². The van der Waals surface area contributed by atoms with Crippen molar-refractivity contribution >= 4 is 38.4 Å². The average Bonchev–Trinajstić information content (AvgIpc) is 3.06. The number of carbonyl (C=O) groups excluding carboxylic acids is 1. The molecule has 1 heterocycles. The zero-order valence-corrected chi connectivity index (χ0v) is 18.1. The van der Waals surface area contributed by atoms with Crippen LogP contribution in [0.5, 0.6) is 5.88 Å². The summed E-state index contributed by atoms with van der Waals surface area (Å²) >= 11 is 3.44. The van der Waals surface area contributed by atoms with Crippen molar-refractivity contribution in [1.82, 2.24) is 4.57 Å². The van der Waals surface area contributed by atoms with E-state index in [0.717, 1.165) is 22.0 Å². The Morgan fingerprint density at radius 2 is 1.68 bits per heavy atom. The van der Waals surface area contributed by atoms with E-state index < -0.39 is 12.0 Å². The first-order valence-corrected chi connectivity index (χ1v) is 10.6. The van der Waals surface area contributed by atoms with Crippen molar-refractivity contribution in [3.8, 4) is 5.88 Å². The van der Waals surface area contributed by atoms with E-state index in [1.54, 1.807) is 34.9 Å². The van der Waals surface area contributed by atoms with Crippen LogP contribution in [0.3, 0.4) is 0 Å². The lowest BCUT2D eigenvalue weighted by atomic mass is 10.1. The highest BCUT2D eigenvalue weighted by molar-refractivity contribution is 9.10. The Labute approximate surface area is 187 Å². The van der Waals surface area contributed by atoms with Crippen molar-refractivity contribution in [2.75, 3.05) is 0 Å². The largest absolute Gasteiger partial charge is 0.493 e. The Morgan fingerprint density at radius 1 is 1.00 bits per heavy atom. The first kappa shape index (κ1) is 21.0. The van der Waals surface area contributed by atoms with Gasteiger partial charge in [-0.05, 0) is 35.7 Å². The highest BCUT2D eigenvalue weighted by Crippen LogP contribution is 2.40. The maximum absolute atomic E-state index is 12.3. The molecule has 0 spiro atoms. The number of benzene rings is 3. The van der Waals surface area contributed by atoms with Crippen LogP contribution in [-0.4, -0.2) is 20.7 Å². The van der Waals surface area contributed by atoms with Crippen LogP contribution in [0, 0.1) is 0 Å². The summed E-state index contributed by atoms with van der Waals surface area (Å²) in [6.45, 7) is 0.532. The van der Waals surface area contributed by atoms with Gasteiger partial charge < -0.3 is 14.8 Å². The zero-order chi connectivity index (χ0) is 21.8. The molecule has 0 fully saturated rings. The van der Waals surface area contributed by atoms with E-state index >= 15 is 0 Å². The highest BCUT2D eigenvalue weighted by atomic mass is 79.9. The predicted octanol–water partition coefficient (Wildman–Crippen LogP) is 5.70. The molecule has 7 heteroatoms. The van der Waals surface area contributed by atoms with E-state index in [1.165, 1.54) is 0 Å². The molecular formula is C24H20BrN3O3. The maximum Gasteiger partial charge on any atom is 0.297 e. The van der Waals surface area contributed by atoms with Gasteiger partial charge in [0, 0.05) is 16.4 Å². The molecule has 0 saturated carbocycles. The van der Waals surface area contributed by atoms with Crippen LogP contribution in [0.15, 0.2) is 93.6 Å². The number of hydrogen-bond donors (Lipinski definition) is 2. The van der Waals surface area contributed by atoms with Gasteiger partial charge in [-0.15, -0.1) is 10.2 Å². The SMILES string of the molecule is O=C(N=Nc1c(O)n(CCc2ccccc2)c2ccc(Br)cc12)[C@H](O)c1ccccc1. The van der Waals surface area contributed by atoms with Gasteiger partial charge in [-0.25, -0.2) is 0 Å². The first-order chi connectivity index (χ1) is 15.0. The second kappa shape index (κ2) is 9.24. The molecule has 3 aromatic carbocycles. The first-order valence-electron chi connectivity index (χ1n) is 9.78. The number of azo groups is 1. The van der Waals surface area contributed by atoms with Gasteiger partial charge in [0.25, 0.3) is 5.91 Å². The molecule has 1 atom stereocenters. The molecule has 6 nitrogen and oxygen atoms in total. The highest BCUT2D eigenvalue weighted by Gasteiger charge is 2.20. The number of fused-ring (bicyclic) bond motifs is 1. The summed E-state index contributed by atoms with van der Waals surface area (Å²) in [5.74, 6) is -0.874. The van der Waals surface area contributed by atoms with Gasteiger partial charge in [0.2, 0.25) is 5.88 Å². The third-order valence-electron chi connectivity index (χ3n) is 5.04. The number of halogens is 1. The van der Waals surface area contributed by atoms with Gasteiger partial charge in [0.05, 0.1) is 5.52 Å². The van der Waals surface area contributed by atoms with Gasteiger partial charge in [0.15, 0.2) is 11.8 Å². The lowest BCUT2D eigenvalue weighted by Gasteiger charge is -2.07. The summed E-state index contributed by atoms with van der Waals surface area (Å²) in [5, 5.41) is 29.5. The summed E-state index contributed by atoms with van der Waals surface area (Å²) in [6.07, 6.45) is -0.693. The normalized spacial score (nSPS) is 12.5. The van der Waals surface area contributed by atoms with Gasteiger partial charge in [-0.2, -0.15) is 0 Å². The van der Waals surface area contributed by atoms with Gasteiger partial charge in [-0.1, -0.05) is 76.6 Å². The molecule has 0 bridgehead atoms. The molecule has 1 aromatic heterocycles. The van der Waals surface area contributed by atoms with Crippen LogP contribution >= 0.6 is 15.9 Å². The topological polar surface area (TPSA) is 87.2 Å². The Morgan fingerprint density at radius 3 is 2.39 bits per heavy atom. The minimum atomic E-state index is -1.41. The van der Waals surface area contributed by atoms with Crippen molar-refractivity contribution in [2.45, 2.75) is 19.1 Å². The van der Waals surface area contributed by atoms with Crippen molar-refractivity contribution in [2.24, 2.45) is 10.2 Å². The molecule has 2 N–H and O–H groups in total. The number of aliphatic hydroxyl groups excluding tert-OH is 1. The molecule has 0 unspecified atom stereocenters.